The topological polar surface area (TPSA) is 68.5 Å². The number of carbonyl (C=O) groups is 1. The van der Waals surface area contributed by atoms with Crippen LogP contribution >= 0.6 is 0 Å². The van der Waals surface area contributed by atoms with Gasteiger partial charge in [-0.2, -0.15) is 0 Å². The molecule has 1 N–H and O–H groups in total. The summed E-state index contributed by atoms with van der Waals surface area (Å²) in [4.78, 5) is 22.4. The van der Waals surface area contributed by atoms with Gasteiger partial charge in [0.25, 0.3) is 0 Å². The lowest BCUT2D eigenvalue weighted by molar-refractivity contribution is 0.00551. The van der Waals surface area contributed by atoms with Gasteiger partial charge in [0.2, 0.25) is 0 Å². The van der Waals surface area contributed by atoms with Crippen molar-refractivity contribution in [3.8, 4) is 0 Å². The molecule has 98 valence electrons. The number of aromatic nitrogens is 1. The lowest BCUT2D eigenvalue weighted by Crippen LogP contribution is -2.27. The van der Waals surface area contributed by atoms with Crippen LogP contribution < -0.4 is 5.43 Å². The first-order valence-corrected chi connectivity index (χ1v) is 6.14. The van der Waals surface area contributed by atoms with Crippen LogP contribution in [0.4, 0.5) is 0 Å². The maximum atomic E-state index is 11.5. The molecule has 0 spiro atoms. The van der Waals surface area contributed by atoms with Crippen LogP contribution in [0, 0.1) is 6.92 Å². The minimum absolute atomic E-state index is 0.113. The second-order valence-corrected chi connectivity index (χ2v) is 4.64. The summed E-state index contributed by atoms with van der Waals surface area (Å²) in [5.41, 5.74) is 0.136. The molecule has 0 aliphatic carbocycles. The van der Waals surface area contributed by atoms with E-state index in [1.54, 1.807) is 11.5 Å². The van der Waals surface area contributed by atoms with Gasteiger partial charge in [-0.25, -0.2) is 4.79 Å². The number of pyridine rings is 1. The van der Waals surface area contributed by atoms with Crippen LogP contribution in [0.15, 0.2) is 17.1 Å². The molecule has 1 aliphatic heterocycles. The molecule has 5 nitrogen and oxygen atoms in total. The highest BCUT2D eigenvalue weighted by molar-refractivity contribution is 5.87. The molecule has 1 saturated heterocycles. The number of hydrogen-bond acceptors (Lipinski definition) is 3. The summed E-state index contributed by atoms with van der Waals surface area (Å²) in [6, 6.07) is 1.37. The molecule has 1 aromatic heterocycles. The Hall–Kier alpha value is -1.62. The van der Waals surface area contributed by atoms with Gasteiger partial charge in [0, 0.05) is 31.1 Å². The van der Waals surface area contributed by atoms with Crippen molar-refractivity contribution >= 4 is 5.97 Å². The first-order valence-electron chi connectivity index (χ1n) is 6.14. The lowest BCUT2D eigenvalue weighted by atomic mass is 10.1. The summed E-state index contributed by atoms with van der Waals surface area (Å²) in [5, 5.41) is 8.94. The molecule has 0 radical (unpaired) electrons. The van der Waals surface area contributed by atoms with Crippen LogP contribution in [0.25, 0.3) is 0 Å². The molecular weight excluding hydrogens is 234 g/mol. The Morgan fingerprint density at radius 1 is 1.56 bits per heavy atom. The van der Waals surface area contributed by atoms with E-state index in [2.05, 4.69) is 0 Å². The Kier molecular flexibility index (Phi) is 3.81. The van der Waals surface area contributed by atoms with Gasteiger partial charge >= 0.3 is 5.97 Å². The van der Waals surface area contributed by atoms with Crippen molar-refractivity contribution < 1.29 is 14.6 Å². The van der Waals surface area contributed by atoms with E-state index in [1.807, 2.05) is 0 Å². The van der Waals surface area contributed by atoms with Gasteiger partial charge in [-0.1, -0.05) is 0 Å². The quantitative estimate of drug-likeness (QED) is 0.882. The maximum absolute atomic E-state index is 11.5. The molecule has 2 heterocycles. The van der Waals surface area contributed by atoms with E-state index in [1.165, 1.54) is 12.3 Å². The Bertz CT molecular complexity index is 500. The third-order valence-electron chi connectivity index (χ3n) is 3.25. The van der Waals surface area contributed by atoms with Crippen LogP contribution in [-0.4, -0.2) is 28.4 Å². The lowest BCUT2D eigenvalue weighted by Gasteiger charge is -2.24. The Labute approximate surface area is 105 Å². The monoisotopic (exact) mass is 251 g/mol. The molecule has 0 bridgehead atoms. The average molecular weight is 251 g/mol. The number of hydrogen-bond donors (Lipinski definition) is 1. The number of aromatic carboxylic acids is 1. The molecule has 2 rings (SSSR count). The average Bonchev–Trinajstić information content (AvgIpc) is 2.33. The molecule has 1 atom stereocenters. The predicted molar refractivity (Wildman–Crippen MR) is 66.0 cm³/mol. The second-order valence-electron chi connectivity index (χ2n) is 4.64. The van der Waals surface area contributed by atoms with Gasteiger partial charge in [-0.3, -0.25) is 4.79 Å². The summed E-state index contributed by atoms with van der Waals surface area (Å²) in [6.07, 6.45) is 4.73. The van der Waals surface area contributed by atoms with Gasteiger partial charge in [0.05, 0.1) is 6.10 Å². The van der Waals surface area contributed by atoms with Gasteiger partial charge in [-0.15, -0.1) is 0 Å². The third-order valence-corrected chi connectivity index (χ3v) is 3.25. The van der Waals surface area contributed by atoms with Crippen molar-refractivity contribution in [3.05, 3.63) is 33.7 Å². The Morgan fingerprint density at radius 3 is 2.94 bits per heavy atom. The summed E-state index contributed by atoms with van der Waals surface area (Å²) in [5.74, 6) is -1.18. The predicted octanol–water partition coefficient (Wildman–Crippen LogP) is 1.42. The zero-order valence-corrected chi connectivity index (χ0v) is 10.4. The molecule has 1 unspecified atom stereocenters. The van der Waals surface area contributed by atoms with Crippen molar-refractivity contribution in [2.24, 2.45) is 0 Å². The Morgan fingerprint density at radius 2 is 2.33 bits per heavy atom. The second kappa shape index (κ2) is 5.35. The highest BCUT2D eigenvalue weighted by atomic mass is 16.5. The van der Waals surface area contributed by atoms with Crippen molar-refractivity contribution in [3.63, 3.8) is 0 Å². The first-order chi connectivity index (χ1) is 8.58. The zero-order valence-electron chi connectivity index (χ0n) is 10.4. The van der Waals surface area contributed by atoms with E-state index in [0.717, 1.165) is 31.6 Å². The largest absolute Gasteiger partial charge is 0.477 e. The molecule has 1 aliphatic rings. The van der Waals surface area contributed by atoms with Gasteiger partial charge in [-0.05, 0) is 26.2 Å². The fourth-order valence-electron chi connectivity index (χ4n) is 2.20. The zero-order chi connectivity index (χ0) is 13.1. The summed E-state index contributed by atoms with van der Waals surface area (Å²) in [6.45, 7) is 3.16. The molecule has 0 aromatic carbocycles. The molecule has 1 fully saturated rings. The molecule has 1 aromatic rings. The van der Waals surface area contributed by atoms with Gasteiger partial charge in [0.1, 0.15) is 5.56 Å². The highest BCUT2D eigenvalue weighted by Crippen LogP contribution is 2.15. The van der Waals surface area contributed by atoms with Crippen LogP contribution in [0.5, 0.6) is 0 Å². The number of carboxylic acids is 1. The molecule has 5 heteroatoms. The van der Waals surface area contributed by atoms with Crippen molar-refractivity contribution in [1.29, 1.82) is 0 Å². The van der Waals surface area contributed by atoms with Gasteiger partial charge in [0.15, 0.2) is 5.43 Å². The number of ether oxygens (including phenoxy) is 1. The van der Waals surface area contributed by atoms with Crippen LogP contribution in [0.2, 0.25) is 0 Å². The number of carboxylic acid groups (broad SMARTS) is 1. The number of aryl methyl sites for hydroxylation is 1. The van der Waals surface area contributed by atoms with Crippen molar-refractivity contribution in [2.75, 3.05) is 6.61 Å². The molecule has 0 saturated carbocycles. The summed E-state index contributed by atoms with van der Waals surface area (Å²) in [7, 11) is 0. The fourth-order valence-corrected chi connectivity index (χ4v) is 2.20. The molecular formula is C13H17NO4. The third kappa shape index (κ3) is 2.79. The van der Waals surface area contributed by atoms with Crippen LogP contribution in [0.1, 0.15) is 35.3 Å². The maximum Gasteiger partial charge on any atom is 0.341 e. The Balaban J connectivity index is 2.23. The normalized spacial score (nSPS) is 19.7. The van der Waals surface area contributed by atoms with Crippen molar-refractivity contribution in [2.45, 2.75) is 38.8 Å². The van der Waals surface area contributed by atoms with Crippen LogP contribution in [0.3, 0.4) is 0 Å². The van der Waals surface area contributed by atoms with Crippen molar-refractivity contribution in [1.82, 2.24) is 4.57 Å². The van der Waals surface area contributed by atoms with E-state index >= 15 is 0 Å². The number of nitrogens with zero attached hydrogens (tertiary/aromatic N) is 1. The van der Waals surface area contributed by atoms with Crippen LogP contribution in [-0.2, 0) is 11.3 Å². The summed E-state index contributed by atoms with van der Waals surface area (Å²) < 4.78 is 7.41. The van der Waals surface area contributed by atoms with E-state index < -0.39 is 11.4 Å². The number of rotatable bonds is 3. The minimum Gasteiger partial charge on any atom is -0.477 e. The van der Waals surface area contributed by atoms with Gasteiger partial charge < -0.3 is 14.4 Å². The SMILES string of the molecule is Cc1cc(=O)c(C(=O)O)cn1CC1CCCCO1. The summed E-state index contributed by atoms with van der Waals surface area (Å²) >= 11 is 0. The minimum atomic E-state index is -1.18. The van der Waals surface area contributed by atoms with E-state index in [-0.39, 0.29) is 11.7 Å². The van der Waals surface area contributed by atoms with E-state index in [9.17, 15) is 9.59 Å². The molecule has 18 heavy (non-hydrogen) atoms. The molecule has 0 amide bonds. The first kappa shape index (κ1) is 12.8. The smallest absolute Gasteiger partial charge is 0.341 e. The van der Waals surface area contributed by atoms with E-state index in [0.29, 0.717) is 6.54 Å². The fraction of sp³-hybridized carbons (Fsp3) is 0.538. The van der Waals surface area contributed by atoms with E-state index in [4.69, 9.17) is 9.84 Å². The highest BCUT2D eigenvalue weighted by Gasteiger charge is 2.16. The standard InChI is InChI=1S/C13H17NO4/c1-9-6-12(15)11(13(16)17)8-14(9)7-10-4-2-3-5-18-10/h6,8,10H,2-5,7H2,1H3,(H,16,17).